The molecule has 2 aliphatic heterocycles. The lowest BCUT2D eigenvalue weighted by Crippen LogP contribution is -2.36. The third-order valence-electron chi connectivity index (χ3n) is 5.09. The molecule has 2 atom stereocenters. The third-order valence-corrected chi connectivity index (χ3v) is 5.09. The number of nitrogens with zero attached hydrogens (tertiary/aromatic N) is 3. The highest BCUT2D eigenvalue weighted by atomic mass is 16.5. The van der Waals surface area contributed by atoms with Gasteiger partial charge in [0.1, 0.15) is 11.9 Å². The molecule has 2 aliphatic rings. The van der Waals surface area contributed by atoms with Crippen molar-refractivity contribution in [1.82, 2.24) is 14.9 Å². The predicted molar refractivity (Wildman–Crippen MR) is 96.6 cm³/mol. The van der Waals surface area contributed by atoms with Gasteiger partial charge in [-0.05, 0) is 24.1 Å². The standard InChI is InChI=1S/C19H26N4O2/c1-22-8-7-20-19(22)18-17(6-11-25-18)21-14-15-2-4-16(5-3-15)23-9-12-24-13-10-23/h2-5,7-8,17-18,21H,6,9-14H2,1H3/t17-,18-/m0/s1. The number of rotatable bonds is 5. The summed E-state index contributed by atoms with van der Waals surface area (Å²) in [7, 11) is 2.02. The molecule has 1 N–H and O–H groups in total. The molecular weight excluding hydrogens is 316 g/mol. The molecule has 0 aliphatic carbocycles. The average Bonchev–Trinajstić information content (AvgIpc) is 3.29. The van der Waals surface area contributed by atoms with Gasteiger partial charge in [-0.2, -0.15) is 0 Å². The van der Waals surface area contributed by atoms with Gasteiger partial charge in [-0.25, -0.2) is 4.98 Å². The van der Waals surface area contributed by atoms with Crippen LogP contribution in [0.1, 0.15) is 23.9 Å². The minimum atomic E-state index is 0.0348. The number of imidazole rings is 1. The fourth-order valence-electron chi connectivity index (χ4n) is 3.60. The summed E-state index contributed by atoms with van der Waals surface area (Å²) >= 11 is 0. The Morgan fingerprint density at radius 1 is 1.16 bits per heavy atom. The van der Waals surface area contributed by atoms with Crippen molar-refractivity contribution in [2.24, 2.45) is 7.05 Å². The molecule has 1 aromatic heterocycles. The number of aryl methyl sites for hydroxylation is 1. The van der Waals surface area contributed by atoms with Crippen molar-refractivity contribution in [3.05, 3.63) is 48.0 Å². The van der Waals surface area contributed by atoms with E-state index in [0.717, 1.165) is 51.7 Å². The van der Waals surface area contributed by atoms with Crippen LogP contribution in [0.2, 0.25) is 0 Å². The number of benzene rings is 1. The van der Waals surface area contributed by atoms with Crippen molar-refractivity contribution >= 4 is 5.69 Å². The van der Waals surface area contributed by atoms with Crippen LogP contribution >= 0.6 is 0 Å². The van der Waals surface area contributed by atoms with Gasteiger partial charge in [0.25, 0.3) is 0 Å². The predicted octanol–water partition coefficient (Wildman–Crippen LogP) is 1.88. The van der Waals surface area contributed by atoms with E-state index >= 15 is 0 Å². The maximum atomic E-state index is 5.91. The summed E-state index contributed by atoms with van der Waals surface area (Å²) < 4.78 is 13.4. The molecule has 6 nitrogen and oxygen atoms in total. The van der Waals surface area contributed by atoms with Gasteiger partial charge in [0, 0.05) is 57.4 Å². The molecule has 0 saturated carbocycles. The molecule has 4 rings (SSSR count). The monoisotopic (exact) mass is 342 g/mol. The van der Waals surface area contributed by atoms with Crippen LogP contribution in [0.15, 0.2) is 36.7 Å². The van der Waals surface area contributed by atoms with E-state index in [2.05, 4.69) is 39.5 Å². The minimum absolute atomic E-state index is 0.0348. The number of aromatic nitrogens is 2. The van der Waals surface area contributed by atoms with E-state index in [-0.39, 0.29) is 6.10 Å². The molecule has 2 fully saturated rings. The maximum absolute atomic E-state index is 5.91. The van der Waals surface area contributed by atoms with E-state index in [0.29, 0.717) is 6.04 Å². The van der Waals surface area contributed by atoms with Gasteiger partial charge < -0.3 is 24.3 Å². The van der Waals surface area contributed by atoms with Gasteiger partial charge >= 0.3 is 0 Å². The summed E-state index contributed by atoms with van der Waals surface area (Å²) in [5.74, 6) is 0.998. The lowest BCUT2D eigenvalue weighted by Gasteiger charge is -2.29. The van der Waals surface area contributed by atoms with Crippen molar-refractivity contribution < 1.29 is 9.47 Å². The first kappa shape index (κ1) is 16.6. The van der Waals surface area contributed by atoms with E-state index in [9.17, 15) is 0 Å². The number of morpholine rings is 1. The van der Waals surface area contributed by atoms with Crippen LogP contribution < -0.4 is 10.2 Å². The smallest absolute Gasteiger partial charge is 0.139 e. The van der Waals surface area contributed by atoms with Crippen molar-refractivity contribution in [3.8, 4) is 0 Å². The topological polar surface area (TPSA) is 51.5 Å². The van der Waals surface area contributed by atoms with Crippen LogP contribution in [-0.4, -0.2) is 48.5 Å². The highest BCUT2D eigenvalue weighted by Gasteiger charge is 2.31. The van der Waals surface area contributed by atoms with E-state index in [4.69, 9.17) is 9.47 Å². The quantitative estimate of drug-likeness (QED) is 0.899. The number of ether oxygens (including phenoxy) is 2. The van der Waals surface area contributed by atoms with Gasteiger partial charge in [-0.3, -0.25) is 0 Å². The molecule has 2 aromatic rings. The van der Waals surface area contributed by atoms with Gasteiger partial charge in [-0.15, -0.1) is 0 Å². The van der Waals surface area contributed by atoms with Crippen LogP contribution in [0.3, 0.4) is 0 Å². The normalized spacial score (nSPS) is 24.0. The van der Waals surface area contributed by atoms with Gasteiger partial charge in [-0.1, -0.05) is 12.1 Å². The SMILES string of the molecule is Cn1ccnc1[C@H]1OCC[C@@H]1NCc1ccc(N2CCOCC2)cc1. The molecule has 6 heteroatoms. The van der Waals surface area contributed by atoms with Crippen LogP contribution in [-0.2, 0) is 23.1 Å². The van der Waals surface area contributed by atoms with E-state index in [1.807, 2.05) is 24.0 Å². The summed E-state index contributed by atoms with van der Waals surface area (Å²) in [4.78, 5) is 6.83. The molecule has 0 amide bonds. The first-order chi connectivity index (χ1) is 12.3. The zero-order valence-corrected chi connectivity index (χ0v) is 14.7. The van der Waals surface area contributed by atoms with Crippen molar-refractivity contribution in [2.75, 3.05) is 37.8 Å². The Hall–Kier alpha value is -1.89. The number of anilines is 1. The molecule has 0 spiro atoms. The molecule has 0 radical (unpaired) electrons. The second-order valence-corrected chi connectivity index (χ2v) is 6.73. The number of hydrogen-bond acceptors (Lipinski definition) is 5. The average molecular weight is 342 g/mol. The van der Waals surface area contributed by atoms with E-state index in [1.165, 1.54) is 11.3 Å². The Labute approximate surface area is 148 Å². The van der Waals surface area contributed by atoms with Crippen LogP contribution in [0.5, 0.6) is 0 Å². The van der Waals surface area contributed by atoms with E-state index in [1.54, 1.807) is 0 Å². The van der Waals surface area contributed by atoms with Crippen LogP contribution in [0.25, 0.3) is 0 Å². The highest BCUT2D eigenvalue weighted by Crippen LogP contribution is 2.28. The molecule has 134 valence electrons. The van der Waals surface area contributed by atoms with Crippen molar-refractivity contribution in [2.45, 2.75) is 25.1 Å². The summed E-state index contributed by atoms with van der Waals surface area (Å²) in [5.41, 5.74) is 2.57. The van der Waals surface area contributed by atoms with Crippen LogP contribution in [0.4, 0.5) is 5.69 Å². The van der Waals surface area contributed by atoms with E-state index < -0.39 is 0 Å². The molecule has 0 bridgehead atoms. The lowest BCUT2D eigenvalue weighted by molar-refractivity contribution is 0.0893. The Morgan fingerprint density at radius 3 is 2.68 bits per heavy atom. The first-order valence-electron chi connectivity index (χ1n) is 9.05. The Kier molecular flexibility index (Phi) is 5.01. The minimum Gasteiger partial charge on any atom is -0.378 e. The largest absolute Gasteiger partial charge is 0.378 e. The Balaban J connectivity index is 1.35. The molecule has 3 heterocycles. The zero-order valence-electron chi connectivity index (χ0n) is 14.7. The number of hydrogen-bond donors (Lipinski definition) is 1. The van der Waals surface area contributed by atoms with Gasteiger partial charge in [0.05, 0.1) is 13.2 Å². The molecular formula is C19H26N4O2. The Morgan fingerprint density at radius 2 is 1.96 bits per heavy atom. The maximum Gasteiger partial charge on any atom is 0.139 e. The zero-order chi connectivity index (χ0) is 17.1. The summed E-state index contributed by atoms with van der Waals surface area (Å²) in [5, 5.41) is 3.65. The second-order valence-electron chi connectivity index (χ2n) is 6.73. The van der Waals surface area contributed by atoms with Gasteiger partial charge in [0.2, 0.25) is 0 Å². The van der Waals surface area contributed by atoms with Crippen LogP contribution in [0, 0.1) is 0 Å². The summed E-state index contributed by atoms with van der Waals surface area (Å²) in [6, 6.07) is 9.15. The molecule has 1 aromatic carbocycles. The third kappa shape index (κ3) is 3.71. The van der Waals surface area contributed by atoms with Crippen molar-refractivity contribution in [3.63, 3.8) is 0 Å². The summed E-state index contributed by atoms with van der Waals surface area (Å²) in [6.45, 7) is 5.22. The highest BCUT2D eigenvalue weighted by molar-refractivity contribution is 5.47. The van der Waals surface area contributed by atoms with Gasteiger partial charge in [0.15, 0.2) is 0 Å². The molecule has 25 heavy (non-hydrogen) atoms. The Bertz CT molecular complexity index is 679. The number of nitrogens with one attached hydrogen (secondary N) is 1. The summed E-state index contributed by atoms with van der Waals surface area (Å²) in [6.07, 6.45) is 4.85. The molecule has 2 saturated heterocycles. The fourth-order valence-corrected chi connectivity index (χ4v) is 3.60. The van der Waals surface area contributed by atoms with Crippen molar-refractivity contribution in [1.29, 1.82) is 0 Å². The lowest BCUT2D eigenvalue weighted by atomic mass is 10.1. The molecule has 0 unspecified atom stereocenters. The fraction of sp³-hybridized carbons (Fsp3) is 0.526. The second kappa shape index (κ2) is 7.56. The first-order valence-corrected chi connectivity index (χ1v) is 9.05.